The van der Waals surface area contributed by atoms with E-state index >= 15 is 0 Å². The lowest BCUT2D eigenvalue weighted by Crippen LogP contribution is -2.28. The van der Waals surface area contributed by atoms with Crippen LogP contribution < -0.4 is 16.0 Å². The van der Waals surface area contributed by atoms with Crippen LogP contribution in [0.1, 0.15) is 37.1 Å². The molecule has 3 heterocycles. The molecule has 0 aliphatic carbocycles. The van der Waals surface area contributed by atoms with E-state index < -0.39 is 0 Å². The van der Waals surface area contributed by atoms with Gasteiger partial charge in [-0.25, -0.2) is 4.98 Å². The fourth-order valence-electron chi connectivity index (χ4n) is 3.39. The van der Waals surface area contributed by atoms with Crippen molar-refractivity contribution in [2.24, 2.45) is 0 Å². The van der Waals surface area contributed by atoms with Crippen LogP contribution in [0.3, 0.4) is 0 Å². The zero-order valence-electron chi connectivity index (χ0n) is 16.3. The molecule has 3 aromatic rings. The van der Waals surface area contributed by atoms with Gasteiger partial charge in [0.05, 0.1) is 10.2 Å². The molecule has 1 aromatic carbocycles. The number of fused-ring (bicyclic) bond motifs is 2. The molecule has 2 aromatic heterocycles. The number of amides is 1. The van der Waals surface area contributed by atoms with Crippen molar-refractivity contribution >= 4 is 43.8 Å². The van der Waals surface area contributed by atoms with Crippen LogP contribution in [0.25, 0.3) is 20.8 Å². The number of aromatic nitrogens is 1. The molecule has 28 heavy (non-hydrogen) atoms. The maximum Gasteiger partial charge on any atom is 0.226 e. The van der Waals surface area contributed by atoms with Crippen molar-refractivity contribution in [2.75, 3.05) is 18.4 Å². The van der Waals surface area contributed by atoms with E-state index in [2.05, 4.69) is 41.9 Å². The smallest absolute Gasteiger partial charge is 0.226 e. The summed E-state index contributed by atoms with van der Waals surface area (Å²) in [6.45, 7) is 6.82. The lowest BCUT2D eigenvalue weighted by molar-refractivity contribution is -0.116. The van der Waals surface area contributed by atoms with Gasteiger partial charge in [-0.3, -0.25) is 4.79 Å². The molecule has 3 N–H and O–H groups in total. The van der Waals surface area contributed by atoms with Crippen LogP contribution in [0.2, 0.25) is 0 Å². The molecule has 148 valence electrons. The number of nitrogens with zero attached hydrogens (tertiary/aromatic N) is 1. The molecule has 0 radical (unpaired) electrons. The van der Waals surface area contributed by atoms with Crippen molar-refractivity contribution in [3.8, 4) is 10.6 Å². The summed E-state index contributed by atoms with van der Waals surface area (Å²) in [6, 6.07) is 8.66. The Bertz CT molecular complexity index is 945. The lowest BCUT2D eigenvalue weighted by atomic mass is 10.0. The van der Waals surface area contributed by atoms with Gasteiger partial charge in [-0.1, -0.05) is 19.1 Å². The molecule has 1 unspecified atom stereocenters. The van der Waals surface area contributed by atoms with Crippen LogP contribution in [0.15, 0.2) is 24.3 Å². The zero-order chi connectivity index (χ0) is 19.5. The van der Waals surface area contributed by atoms with Gasteiger partial charge in [-0.15, -0.1) is 22.7 Å². The molecule has 0 saturated heterocycles. The van der Waals surface area contributed by atoms with Gasteiger partial charge < -0.3 is 16.0 Å². The summed E-state index contributed by atoms with van der Waals surface area (Å²) in [5, 5.41) is 12.0. The van der Waals surface area contributed by atoms with E-state index in [-0.39, 0.29) is 5.91 Å². The first-order valence-electron chi connectivity index (χ1n) is 9.90. The number of anilines is 1. The summed E-state index contributed by atoms with van der Waals surface area (Å²) < 4.78 is 1.18. The standard InChI is InChI=1S/C21H26N4OS2/c1-3-13(2)23-11-9-18(26)25-21-19(14-8-10-22-12-17(14)28-21)20-24-15-6-4-5-7-16(15)27-20/h4-7,13,22-23H,3,8-12H2,1-2H3,(H,25,26)/i25+1. The number of thiazole rings is 1. The van der Waals surface area contributed by atoms with Gasteiger partial charge in [-0.2, -0.15) is 0 Å². The van der Waals surface area contributed by atoms with Crippen LogP contribution in [0, 0.1) is 0 Å². The summed E-state index contributed by atoms with van der Waals surface area (Å²) in [5.74, 6) is 0.0599. The first-order valence-corrected chi connectivity index (χ1v) is 11.5. The van der Waals surface area contributed by atoms with Crippen molar-refractivity contribution in [2.45, 2.75) is 45.7 Å². The first-order chi connectivity index (χ1) is 13.7. The van der Waals surface area contributed by atoms with Crippen molar-refractivity contribution in [1.29, 1.82) is 0 Å². The second-order valence-corrected chi connectivity index (χ2v) is 9.32. The molecule has 1 atom stereocenters. The van der Waals surface area contributed by atoms with E-state index in [4.69, 9.17) is 4.98 Å². The number of carbonyl (C=O) groups is 1. The van der Waals surface area contributed by atoms with Gasteiger partial charge in [0.1, 0.15) is 10.0 Å². The highest BCUT2D eigenvalue weighted by atomic mass is 32.1. The number of carbonyl (C=O) groups excluding carboxylic acids is 1. The highest BCUT2D eigenvalue weighted by Crippen LogP contribution is 2.44. The Morgan fingerprint density at radius 2 is 2.18 bits per heavy atom. The highest BCUT2D eigenvalue weighted by molar-refractivity contribution is 7.22. The molecule has 5 nitrogen and oxygen atoms in total. The van der Waals surface area contributed by atoms with Gasteiger partial charge in [0.2, 0.25) is 5.91 Å². The number of hydrogen-bond donors (Lipinski definition) is 3. The monoisotopic (exact) mass is 415 g/mol. The van der Waals surface area contributed by atoms with E-state index in [9.17, 15) is 4.79 Å². The van der Waals surface area contributed by atoms with Gasteiger partial charge in [0.15, 0.2) is 0 Å². The third-order valence-electron chi connectivity index (χ3n) is 5.15. The first kappa shape index (κ1) is 19.5. The number of hydrogen-bond acceptors (Lipinski definition) is 6. The minimum Gasteiger partial charge on any atom is -0.317 e. The summed E-state index contributed by atoms with van der Waals surface area (Å²) in [7, 11) is 0. The molecule has 1 aliphatic heterocycles. The molecular weight excluding hydrogens is 389 g/mol. The number of rotatable bonds is 7. The van der Waals surface area contributed by atoms with E-state index in [0.29, 0.717) is 19.0 Å². The van der Waals surface area contributed by atoms with E-state index in [1.165, 1.54) is 15.1 Å². The van der Waals surface area contributed by atoms with E-state index in [1.807, 2.05) is 12.1 Å². The van der Waals surface area contributed by atoms with Crippen LogP contribution in [0.5, 0.6) is 0 Å². The lowest BCUT2D eigenvalue weighted by Gasteiger charge is -2.13. The second kappa shape index (κ2) is 8.69. The normalized spacial score (nSPS) is 14.8. The minimum atomic E-state index is 0.0599. The Labute approximate surface area is 173 Å². The molecule has 4 rings (SSSR count). The Morgan fingerprint density at radius 1 is 1.32 bits per heavy atom. The Hall–Kier alpha value is -1.80. The van der Waals surface area contributed by atoms with Gasteiger partial charge in [0, 0.05) is 36.0 Å². The molecular formula is C21H26N4OS2. The molecule has 7 heteroatoms. The zero-order valence-corrected chi connectivity index (χ0v) is 17.9. The quantitative estimate of drug-likeness (QED) is 0.501. The largest absolute Gasteiger partial charge is 0.317 e. The summed E-state index contributed by atoms with van der Waals surface area (Å²) in [5.41, 5.74) is 3.49. The Morgan fingerprint density at radius 3 is 3.00 bits per heavy atom. The van der Waals surface area contributed by atoms with Crippen molar-refractivity contribution < 1.29 is 4.79 Å². The molecule has 1 amide bonds. The van der Waals surface area contributed by atoms with E-state index in [1.54, 1.807) is 22.7 Å². The van der Waals surface area contributed by atoms with Crippen molar-refractivity contribution in [1.82, 2.24) is 15.6 Å². The van der Waals surface area contributed by atoms with Crippen LogP contribution in [0.4, 0.5) is 5.00 Å². The molecule has 1 aliphatic rings. The summed E-state index contributed by atoms with van der Waals surface area (Å²) in [4.78, 5) is 18.8. The number of para-hydroxylation sites is 1. The number of benzene rings is 1. The molecule has 0 spiro atoms. The number of thiophene rings is 1. The summed E-state index contributed by atoms with van der Waals surface area (Å²) >= 11 is 3.40. The highest BCUT2D eigenvalue weighted by Gasteiger charge is 2.25. The van der Waals surface area contributed by atoms with Crippen LogP contribution in [-0.4, -0.2) is 30.0 Å². The van der Waals surface area contributed by atoms with Gasteiger partial charge in [-0.05, 0) is 44.0 Å². The molecule has 0 saturated carbocycles. The SMILES string of the molecule is CCC(C)NCCC(=O)[15NH]c1sc2c(c1-c1nc3ccccc3s1)CCNC2. The Kier molecular flexibility index (Phi) is 6.06. The maximum atomic E-state index is 12.6. The van der Waals surface area contributed by atoms with Crippen LogP contribution in [-0.2, 0) is 17.8 Å². The average Bonchev–Trinajstić information content (AvgIpc) is 3.27. The third-order valence-corrected chi connectivity index (χ3v) is 7.35. The maximum absolute atomic E-state index is 12.6. The van der Waals surface area contributed by atoms with Crippen molar-refractivity contribution in [3.05, 3.63) is 34.7 Å². The van der Waals surface area contributed by atoms with Gasteiger partial charge in [0.25, 0.3) is 0 Å². The van der Waals surface area contributed by atoms with Crippen molar-refractivity contribution in [3.63, 3.8) is 0 Å². The van der Waals surface area contributed by atoms with Gasteiger partial charge >= 0.3 is 0 Å². The third kappa shape index (κ3) is 4.12. The predicted octanol–water partition coefficient (Wildman–Crippen LogP) is 4.39. The minimum absolute atomic E-state index is 0.0599. The Balaban J connectivity index is 1.60. The molecule has 0 bridgehead atoms. The summed E-state index contributed by atoms with van der Waals surface area (Å²) in [6.07, 6.45) is 2.51. The van der Waals surface area contributed by atoms with Crippen LogP contribution >= 0.6 is 22.7 Å². The second-order valence-electron chi connectivity index (χ2n) is 7.18. The number of nitrogens with one attached hydrogen (secondary N) is 3. The predicted molar refractivity (Wildman–Crippen MR) is 119 cm³/mol. The fourth-order valence-corrected chi connectivity index (χ4v) is 5.74. The fraction of sp³-hybridized carbons (Fsp3) is 0.429. The van der Waals surface area contributed by atoms with E-state index in [0.717, 1.165) is 47.0 Å². The molecule has 0 fully saturated rings. The average molecular weight is 416 g/mol. The topological polar surface area (TPSA) is 66.0 Å².